The first-order chi connectivity index (χ1) is 17.5. The largest absolute Gasteiger partial charge is 0.503 e. The molecule has 5 rings (SSSR count). The summed E-state index contributed by atoms with van der Waals surface area (Å²) in [6.07, 6.45) is 0.844. The number of carbonyl (C=O) groups is 2. The number of anilines is 1. The zero-order valence-corrected chi connectivity index (χ0v) is 21.4. The van der Waals surface area contributed by atoms with E-state index in [4.69, 9.17) is 9.47 Å². The van der Waals surface area contributed by atoms with Crippen LogP contribution in [0.5, 0.6) is 11.5 Å². The van der Waals surface area contributed by atoms with Gasteiger partial charge in [0.1, 0.15) is 11.5 Å². The van der Waals surface area contributed by atoms with Gasteiger partial charge in [0.2, 0.25) is 5.78 Å². The van der Waals surface area contributed by atoms with Crippen LogP contribution in [-0.2, 0) is 4.79 Å². The van der Waals surface area contributed by atoms with Crippen LogP contribution in [0.15, 0.2) is 71.3 Å². The summed E-state index contributed by atoms with van der Waals surface area (Å²) in [5.41, 5.74) is 1.38. The van der Waals surface area contributed by atoms with Crippen molar-refractivity contribution in [3.05, 3.63) is 81.8 Å². The molecule has 3 heterocycles. The molecule has 1 unspecified atom stereocenters. The standard InChI is InChI=1S/C27H24N2O5S2/c1-3-12-34-17-8-5-7-16(14-17)23-22(24(30)20-9-6-13-35-20)25(31)26(32)29(23)27-28-19-11-10-18(33-4-2)15-21(19)36-27/h5-11,13-15,23,31H,3-4,12H2,1-2H3. The van der Waals surface area contributed by atoms with Crippen molar-refractivity contribution in [3.63, 3.8) is 0 Å². The molecule has 0 saturated heterocycles. The molecule has 1 atom stereocenters. The highest BCUT2D eigenvalue weighted by Gasteiger charge is 2.46. The summed E-state index contributed by atoms with van der Waals surface area (Å²) in [6.45, 7) is 5.00. The summed E-state index contributed by atoms with van der Waals surface area (Å²) >= 11 is 2.57. The quantitative estimate of drug-likeness (QED) is 0.260. The number of ether oxygens (including phenoxy) is 2. The predicted octanol–water partition coefficient (Wildman–Crippen LogP) is 6.33. The lowest BCUT2D eigenvalue weighted by Crippen LogP contribution is -2.30. The Labute approximate surface area is 216 Å². The van der Waals surface area contributed by atoms with Crippen molar-refractivity contribution in [1.82, 2.24) is 4.98 Å². The molecule has 1 aliphatic heterocycles. The molecule has 1 aliphatic rings. The molecule has 1 N–H and O–H groups in total. The third kappa shape index (κ3) is 4.36. The van der Waals surface area contributed by atoms with Crippen LogP contribution in [-0.4, -0.2) is 35.0 Å². The highest BCUT2D eigenvalue weighted by atomic mass is 32.1. The minimum Gasteiger partial charge on any atom is -0.503 e. The van der Waals surface area contributed by atoms with Crippen LogP contribution in [0.2, 0.25) is 0 Å². The summed E-state index contributed by atoms with van der Waals surface area (Å²) in [5, 5.41) is 13.2. The maximum atomic E-state index is 13.5. The van der Waals surface area contributed by atoms with Gasteiger partial charge in [-0.1, -0.05) is 36.5 Å². The van der Waals surface area contributed by atoms with E-state index in [0.717, 1.165) is 11.1 Å². The molecule has 0 saturated carbocycles. The van der Waals surface area contributed by atoms with E-state index in [9.17, 15) is 14.7 Å². The lowest BCUT2D eigenvalue weighted by Gasteiger charge is -2.24. The third-order valence-corrected chi connectivity index (χ3v) is 7.60. The number of ketones is 1. The van der Waals surface area contributed by atoms with E-state index in [1.165, 1.54) is 27.6 Å². The third-order valence-electron chi connectivity index (χ3n) is 5.71. The molecule has 9 heteroatoms. The molecule has 0 spiro atoms. The summed E-state index contributed by atoms with van der Waals surface area (Å²) in [7, 11) is 0. The maximum Gasteiger partial charge on any atom is 0.296 e. The molecule has 0 radical (unpaired) electrons. The number of aromatic nitrogens is 1. The van der Waals surface area contributed by atoms with E-state index in [1.54, 1.807) is 23.6 Å². The SMILES string of the molecule is CCCOc1cccc(C2C(C(=O)c3cccs3)=C(O)C(=O)N2c2nc3ccc(OCC)cc3s2)c1. The molecule has 7 nitrogen and oxygen atoms in total. The van der Waals surface area contributed by atoms with Crippen molar-refractivity contribution in [3.8, 4) is 11.5 Å². The van der Waals surface area contributed by atoms with Crippen LogP contribution in [0, 0.1) is 0 Å². The van der Waals surface area contributed by atoms with Crippen LogP contribution in [0.3, 0.4) is 0 Å². The topological polar surface area (TPSA) is 89.0 Å². The van der Waals surface area contributed by atoms with E-state index in [2.05, 4.69) is 4.98 Å². The van der Waals surface area contributed by atoms with E-state index in [0.29, 0.717) is 45.8 Å². The van der Waals surface area contributed by atoms with Gasteiger partial charge < -0.3 is 14.6 Å². The number of aliphatic hydroxyl groups excluding tert-OH is 1. The minimum absolute atomic E-state index is 0.0318. The average Bonchev–Trinajstić information content (AvgIpc) is 3.61. The zero-order valence-electron chi connectivity index (χ0n) is 19.8. The van der Waals surface area contributed by atoms with E-state index < -0.39 is 17.7 Å². The van der Waals surface area contributed by atoms with Crippen molar-refractivity contribution in [2.24, 2.45) is 0 Å². The summed E-state index contributed by atoms with van der Waals surface area (Å²) in [5.74, 6) is -0.277. The van der Waals surface area contributed by atoms with Crippen LogP contribution < -0.4 is 14.4 Å². The molecule has 2 aromatic heterocycles. The number of Topliss-reactive ketones (excluding diaryl/α,β-unsaturated/α-hetero) is 1. The van der Waals surface area contributed by atoms with Crippen molar-refractivity contribution in [1.29, 1.82) is 0 Å². The van der Waals surface area contributed by atoms with Gasteiger partial charge in [-0.15, -0.1) is 11.3 Å². The number of fused-ring (bicyclic) bond motifs is 1. The minimum atomic E-state index is -0.857. The molecule has 184 valence electrons. The van der Waals surface area contributed by atoms with Crippen molar-refractivity contribution >= 4 is 49.7 Å². The summed E-state index contributed by atoms with van der Waals surface area (Å²) < 4.78 is 12.2. The fourth-order valence-electron chi connectivity index (χ4n) is 4.14. The highest BCUT2D eigenvalue weighted by molar-refractivity contribution is 7.22. The number of thiophene rings is 1. The Morgan fingerprint density at radius 1 is 1.08 bits per heavy atom. The number of aliphatic hydroxyl groups is 1. The molecule has 0 bridgehead atoms. The lowest BCUT2D eigenvalue weighted by atomic mass is 9.95. The van der Waals surface area contributed by atoms with E-state index in [-0.39, 0.29) is 11.4 Å². The molecular formula is C27H24N2O5S2. The summed E-state index contributed by atoms with van der Waals surface area (Å²) in [4.78, 5) is 33.5. The monoisotopic (exact) mass is 520 g/mol. The van der Waals surface area contributed by atoms with Gasteiger partial charge >= 0.3 is 0 Å². The first-order valence-corrected chi connectivity index (χ1v) is 13.3. The van der Waals surface area contributed by atoms with Crippen molar-refractivity contribution in [2.75, 3.05) is 18.1 Å². The van der Waals surface area contributed by atoms with Gasteiger partial charge in [-0.2, -0.15) is 0 Å². The maximum absolute atomic E-state index is 13.5. The summed E-state index contributed by atoms with van der Waals surface area (Å²) in [6, 6.07) is 15.4. The average molecular weight is 521 g/mol. The normalized spacial score (nSPS) is 15.7. The molecule has 2 aromatic carbocycles. The molecule has 1 amide bonds. The van der Waals surface area contributed by atoms with Crippen molar-refractivity contribution in [2.45, 2.75) is 26.3 Å². The number of carbonyl (C=O) groups excluding carboxylic acids is 2. The second-order valence-electron chi connectivity index (χ2n) is 8.13. The second-order valence-corrected chi connectivity index (χ2v) is 10.1. The zero-order chi connectivity index (χ0) is 25.2. The highest BCUT2D eigenvalue weighted by Crippen LogP contribution is 2.45. The smallest absolute Gasteiger partial charge is 0.296 e. The van der Waals surface area contributed by atoms with Gasteiger partial charge in [0.25, 0.3) is 5.91 Å². The Morgan fingerprint density at radius 2 is 1.92 bits per heavy atom. The van der Waals surface area contributed by atoms with Gasteiger partial charge in [-0.3, -0.25) is 14.5 Å². The Kier molecular flexibility index (Phi) is 6.75. The van der Waals surface area contributed by atoms with Gasteiger partial charge in [0.05, 0.1) is 39.9 Å². The number of rotatable bonds is 9. The predicted molar refractivity (Wildman–Crippen MR) is 142 cm³/mol. The number of amides is 1. The van der Waals surface area contributed by atoms with Gasteiger partial charge in [-0.05, 0) is 60.7 Å². The van der Waals surface area contributed by atoms with Crippen molar-refractivity contribution < 1.29 is 24.2 Å². The number of hydrogen-bond acceptors (Lipinski definition) is 8. The fourth-order valence-corrected chi connectivity index (χ4v) is 5.84. The van der Waals surface area contributed by atoms with Gasteiger partial charge in [0, 0.05) is 0 Å². The molecule has 36 heavy (non-hydrogen) atoms. The molecule has 4 aromatic rings. The van der Waals surface area contributed by atoms with Crippen LogP contribution >= 0.6 is 22.7 Å². The Balaban J connectivity index is 1.63. The number of nitrogens with zero attached hydrogens (tertiary/aromatic N) is 2. The Bertz CT molecular complexity index is 1460. The molecule has 0 aliphatic carbocycles. The first-order valence-electron chi connectivity index (χ1n) is 11.6. The lowest BCUT2D eigenvalue weighted by molar-refractivity contribution is -0.117. The molecule has 0 fully saturated rings. The van der Waals surface area contributed by atoms with Crippen LogP contribution in [0.1, 0.15) is 41.5 Å². The number of thiazole rings is 1. The number of benzene rings is 2. The first kappa shape index (κ1) is 24.0. The Morgan fingerprint density at radius 3 is 2.67 bits per heavy atom. The fraction of sp³-hybridized carbons (Fsp3) is 0.222. The van der Waals surface area contributed by atoms with Gasteiger partial charge in [-0.25, -0.2) is 4.98 Å². The Hall–Kier alpha value is -3.69. The van der Waals surface area contributed by atoms with E-state index in [1.807, 2.05) is 50.2 Å². The number of hydrogen-bond donors (Lipinski definition) is 1. The second kappa shape index (κ2) is 10.1. The van der Waals surface area contributed by atoms with E-state index >= 15 is 0 Å². The van der Waals surface area contributed by atoms with Crippen LogP contribution in [0.25, 0.3) is 10.2 Å². The molecular weight excluding hydrogens is 496 g/mol. The van der Waals surface area contributed by atoms with Gasteiger partial charge in [0.15, 0.2) is 10.9 Å². The van der Waals surface area contributed by atoms with Crippen LogP contribution in [0.4, 0.5) is 5.13 Å².